The molecule has 13 aromatic carbocycles. The minimum absolute atomic E-state index is 1.11. The third kappa shape index (κ3) is 5.11. The van der Waals surface area contributed by atoms with Gasteiger partial charge in [0, 0.05) is 44.0 Å². The number of nitrogens with zero attached hydrogens (tertiary/aromatic N) is 3. The van der Waals surface area contributed by atoms with Gasteiger partial charge in [-0.15, -0.1) is 0 Å². The van der Waals surface area contributed by atoms with Crippen molar-refractivity contribution in [3.63, 3.8) is 0 Å². The van der Waals surface area contributed by atoms with Gasteiger partial charge in [0.05, 0.1) is 33.4 Å². The maximum absolute atomic E-state index is 2.55. The Kier molecular flexibility index (Phi) is 7.50. The molecule has 0 amide bonds. The lowest BCUT2D eigenvalue weighted by molar-refractivity contribution is 1.15. The van der Waals surface area contributed by atoms with Gasteiger partial charge in [0.25, 0.3) is 0 Å². The second-order valence-corrected chi connectivity index (χ2v) is 18.0. The van der Waals surface area contributed by atoms with Crippen molar-refractivity contribution in [3.05, 3.63) is 237 Å². The van der Waals surface area contributed by atoms with Crippen LogP contribution in [0.4, 0.5) is 17.1 Å². The number of hydrogen-bond acceptors (Lipinski definition) is 1. The molecule has 2 aromatic heterocycles. The second kappa shape index (κ2) is 13.8. The van der Waals surface area contributed by atoms with E-state index in [0.717, 1.165) is 39.5 Å². The Balaban J connectivity index is 1.05. The Morgan fingerprint density at radius 2 is 0.746 bits per heavy atom. The second-order valence-electron chi connectivity index (χ2n) is 18.0. The Labute approximate surface area is 385 Å². The van der Waals surface area contributed by atoms with Gasteiger partial charge in [-0.05, 0) is 126 Å². The summed E-state index contributed by atoms with van der Waals surface area (Å²) in [5.74, 6) is 0. The standard InChI is InChI=1S/C64H39N3/c1-2-16-43(17-3-1)65-56-24-10-8-22-51(56)52-36-33-45(39-61(52)65)67-57-25-11-9-23-53(57)64-59(26-13-27-60(64)67)66(58-37-31-42-29-28-40-14-12-15-41-30-34-54(58)63(42)62(40)41)44-32-35-50-48-20-5-4-18-46(48)47-19-6-7-21-49(47)55(50)38-44/h1-39H. The Morgan fingerprint density at radius 1 is 0.239 bits per heavy atom. The molecule has 0 aliphatic rings. The highest BCUT2D eigenvalue weighted by molar-refractivity contribution is 6.28. The summed E-state index contributed by atoms with van der Waals surface area (Å²) in [7, 11) is 0. The molecule has 3 nitrogen and oxygen atoms in total. The number of anilines is 3. The van der Waals surface area contributed by atoms with Crippen LogP contribution in [0.3, 0.4) is 0 Å². The van der Waals surface area contributed by atoms with E-state index in [-0.39, 0.29) is 0 Å². The summed E-state index contributed by atoms with van der Waals surface area (Å²) in [6, 6.07) is 87.8. The highest BCUT2D eigenvalue weighted by Crippen LogP contribution is 2.49. The smallest absolute Gasteiger partial charge is 0.0562 e. The number of rotatable bonds is 5. The van der Waals surface area contributed by atoms with Crippen LogP contribution in [0.25, 0.3) is 120 Å². The summed E-state index contributed by atoms with van der Waals surface area (Å²) in [6.45, 7) is 0. The first kappa shape index (κ1) is 36.4. The number of hydrogen-bond donors (Lipinski definition) is 0. The molecule has 0 aliphatic heterocycles. The van der Waals surface area contributed by atoms with Gasteiger partial charge in [-0.2, -0.15) is 0 Å². The van der Waals surface area contributed by atoms with E-state index in [0.29, 0.717) is 0 Å². The van der Waals surface area contributed by atoms with E-state index in [2.05, 4.69) is 251 Å². The summed E-state index contributed by atoms with van der Waals surface area (Å²) in [5.41, 5.74) is 10.4. The van der Waals surface area contributed by atoms with Crippen LogP contribution in [0.2, 0.25) is 0 Å². The molecule has 0 N–H and O–H groups in total. The normalized spacial score (nSPS) is 12.2. The van der Waals surface area contributed by atoms with Crippen molar-refractivity contribution in [2.45, 2.75) is 0 Å². The van der Waals surface area contributed by atoms with Crippen LogP contribution in [0.1, 0.15) is 0 Å². The molecule has 0 radical (unpaired) electrons. The molecule has 0 saturated carbocycles. The number of para-hydroxylation sites is 3. The predicted octanol–water partition coefficient (Wildman–Crippen LogP) is 17.7. The lowest BCUT2D eigenvalue weighted by Gasteiger charge is -2.29. The van der Waals surface area contributed by atoms with Crippen molar-refractivity contribution in [1.82, 2.24) is 9.13 Å². The molecular formula is C64H39N3. The molecule has 15 aromatic rings. The molecule has 2 heterocycles. The van der Waals surface area contributed by atoms with Gasteiger partial charge in [-0.1, -0.05) is 170 Å². The van der Waals surface area contributed by atoms with E-state index in [1.54, 1.807) is 0 Å². The van der Waals surface area contributed by atoms with E-state index in [1.165, 1.54) is 97.2 Å². The van der Waals surface area contributed by atoms with Gasteiger partial charge in [0.2, 0.25) is 0 Å². The minimum atomic E-state index is 1.11. The molecule has 0 unspecified atom stereocenters. The van der Waals surface area contributed by atoms with Crippen molar-refractivity contribution in [2.75, 3.05) is 4.90 Å². The predicted molar refractivity (Wildman–Crippen MR) is 286 cm³/mol. The van der Waals surface area contributed by atoms with Crippen LogP contribution in [0.5, 0.6) is 0 Å². The first-order valence-corrected chi connectivity index (χ1v) is 23.2. The molecule has 0 fully saturated rings. The SMILES string of the molecule is c1ccc(-n2c3ccccc3c3ccc(-n4c5ccccc5c5c(N(c6ccc7c8ccccc8c8ccccc8c7c6)c6ccc7ccc8cccc9ccc6c7c89)cccc54)cc32)cc1. The van der Waals surface area contributed by atoms with Crippen LogP contribution in [-0.4, -0.2) is 9.13 Å². The Bertz CT molecular complexity index is 4470. The average Bonchev–Trinajstić information content (AvgIpc) is 3.91. The minimum Gasteiger partial charge on any atom is -0.309 e. The molecule has 15 rings (SSSR count). The fourth-order valence-corrected chi connectivity index (χ4v) is 11.8. The molecule has 67 heavy (non-hydrogen) atoms. The fraction of sp³-hybridized carbons (Fsp3) is 0. The number of benzene rings is 13. The quantitative estimate of drug-likeness (QED) is 0.157. The largest absolute Gasteiger partial charge is 0.309 e. The first-order valence-electron chi connectivity index (χ1n) is 23.2. The van der Waals surface area contributed by atoms with E-state index in [1.807, 2.05) is 0 Å². The monoisotopic (exact) mass is 849 g/mol. The Hall–Kier alpha value is -8.92. The van der Waals surface area contributed by atoms with Crippen LogP contribution in [0, 0.1) is 0 Å². The van der Waals surface area contributed by atoms with Gasteiger partial charge in [-0.3, -0.25) is 0 Å². The van der Waals surface area contributed by atoms with E-state index >= 15 is 0 Å². The Morgan fingerprint density at radius 3 is 1.49 bits per heavy atom. The molecule has 0 atom stereocenters. The zero-order valence-corrected chi connectivity index (χ0v) is 36.4. The zero-order chi connectivity index (χ0) is 43.7. The van der Waals surface area contributed by atoms with E-state index < -0.39 is 0 Å². The summed E-state index contributed by atoms with van der Waals surface area (Å²) in [4.78, 5) is 2.55. The third-order valence-electron chi connectivity index (χ3n) is 14.6. The van der Waals surface area contributed by atoms with Crippen molar-refractivity contribution in [1.29, 1.82) is 0 Å². The van der Waals surface area contributed by atoms with Crippen molar-refractivity contribution in [3.8, 4) is 11.4 Å². The maximum atomic E-state index is 2.55. The topological polar surface area (TPSA) is 13.1 Å². The highest BCUT2D eigenvalue weighted by atomic mass is 15.2. The first-order chi connectivity index (χ1) is 33.3. The van der Waals surface area contributed by atoms with Crippen molar-refractivity contribution >= 4 is 125 Å². The average molecular weight is 850 g/mol. The van der Waals surface area contributed by atoms with Crippen LogP contribution >= 0.6 is 0 Å². The molecule has 0 saturated heterocycles. The number of aromatic nitrogens is 2. The van der Waals surface area contributed by atoms with Gasteiger partial charge >= 0.3 is 0 Å². The van der Waals surface area contributed by atoms with Crippen LogP contribution in [0.15, 0.2) is 237 Å². The van der Waals surface area contributed by atoms with Crippen LogP contribution in [-0.2, 0) is 0 Å². The summed E-state index contributed by atoms with van der Waals surface area (Å²) >= 11 is 0. The molecule has 0 spiro atoms. The molecule has 3 heteroatoms. The fourth-order valence-electron chi connectivity index (χ4n) is 11.8. The van der Waals surface area contributed by atoms with E-state index in [4.69, 9.17) is 0 Å². The summed E-state index contributed by atoms with van der Waals surface area (Å²) < 4.78 is 4.89. The molecule has 0 aliphatic carbocycles. The van der Waals surface area contributed by atoms with Crippen LogP contribution < -0.4 is 4.90 Å². The van der Waals surface area contributed by atoms with Gasteiger partial charge in [-0.25, -0.2) is 0 Å². The van der Waals surface area contributed by atoms with E-state index in [9.17, 15) is 0 Å². The summed E-state index contributed by atoms with van der Waals surface area (Å²) in [5, 5.41) is 20.1. The van der Waals surface area contributed by atoms with Crippen molar-refractivity contribution < 1.29 is 0 Å². The maximum Gasteiger partial charge on any atom is 0.0562 e. The number of fused-ring (bicyclic) bond motifs is 12. The molecular weight excluding hydrogens is 811 g/mol. The van der Waals surface area contributed by atoms with Gasteiger partial charge in [0.15, 0.2) is 0 Å². The lowest BCUT2D eigenvalue weighted by Crippen LogP contribution is -2.11. The van der Waals surface area contributed by atoms with Crippen molar-refractivity contribution in [2.24, 2.45) is 0 Å². The molecule has 310 valence electrons. The lowest BCUT2D eigenvalue weighted by atomic mass is 9.92. The van der Waals surface area contributed by atoms with Gasteiger partial charge in [0.1, 0.15) is 0 Å². The zero-order valence-electron chi connectivity index (χ0n) is 36.4. The highest BCUT2D eigenvalue weighted by Gasteiger charge is 2.25. The molecule has 0 bridgehead atoms. The summed E-state index contributed by atoms with van der Waals surface area (Å²) in [6.07, 6.45) is 0. The third-order valence-corrected chi connectivity index (χ3v) is 14.6. The van der Waals surface area contributed by atoms with Gasteiger partial charge < -0.3 is 14.0 Å².